The quantitative estimate of drug-likeness (QED) is 0.892. The average Bonchev–Trinajstić information content (AvgIpc) is 3.09. The van der Waals surface area contributed by atoms with Crippen LogP contribution in [0.2, 0.25) is 0 Å². The van der Waals surface area contributed by atoms with Gasteiger partial charge in [0.15, 0.2) is 0 Å². The molecular formula is C18H23N5OS. The fraction of sp³-hybridized carbons (Fsp3) is 0.500. The Morgan fingerprint density at radius 2 is 2.40 bits per heavy atom. The van der Waals surface area contributed by atoms with Crippen molar-refractivity contribution in [3.63, 3.8) is 0 Å². The molecule has 0 spiro atoms. The number of aromatic nitrogens is 2. The molecule has 2 aromatic heterocycles. The maximum absolute atomic E-state index is 12.4. The lowest BCUT2D eigenvalue weighted by atomic mass is 9.89. The first kappa shape index (κ1) is 17.6. The maximum atomic E-state index is 12.4. The summed E-state index contributed by atoms with van der Waals surface area (Å²) in [7, 11) is 3.78. The van der Waals surface area contributed by atoms with Gasteiger partial charge in [-0.05, 0) is 37.8 Å². The van der Waals surface area contributed by atoms with E-state index in [1.807, 2.05) is 25.2 Å². The first-order valence-electron chi connectivity index (χ1n) is 8.46. The molecular weight excluding hydrogens is 334 g/mol. The number of nitrogens with zero attached hydrogens (tertiary/aromatic N) is 4. The van der Waals surface area contributed by atoms with Gasteiger partial charge in [-0.15, -0.1) is 11.3 Å². The summed E-state index contributed by atoms with van der Waals surface area (Å²) in [5.41, 5.74) is 2.87. The van der Waals surface area contributed by atoms with Crippen molar-refractivity contribution >= 4 is 22.2 Å². The van der Waals surface area contributed by atoms with E-state index in [0.717, 1.165) is 30.4 Å². The Hall–Kier alpha value is -2.17. The van der Waals surface area contributed by atoms with E-state index in [-0.39, 0.29) is 12.5 Å². The standard InChI is InChI=1S/C18H23N5OS/c1-12-4-5-14-15(7-19)18(25-16(14)6-12)21-17(24)11-22(2)9-13-8-20-23(3)10-13/h8,10,12H,4-6,9,11H2,1-3H3,(H,21,24). The van der Waals surface area contributed by atoms with Crippen molar-refractivity contribution in [1.82, 2.24) is 14.7 Å². The highest BCUT2D eigenvalue weighted by Gasteiger charge is 2.24. The Balaban J connectivity index is 1.64. The fourth-order valence-corrected chi connectivity index (χ4v) is 4.67. The molecule has 1 N–H and O–H groups in total. The molecule has 0 radical (unpaired) electrons. The number of likely N-dealkylation sites (N-methyl/N-ethyl adjacent to an activating group) is 1. The van der Waals surface area contributed by atoms with Gasteiger partial charge in [0.1, 0.15) is 11.1 Å². The second kappa shape index (κ2) is 7.38. The minimum atomic E-state index is -0.0884. The minimum absolute atomic E-state index is 0.0884. The molecule has 0 saturated carbocycles. The molecule has 1 amide bonds. The van der Waals surface area contributed by atoms with Crippen LogP contribution in [-0.4, -0.2) is 34.2 Å². The van der Waals surface area contributed by atoms with Gasteiger partial charge in [0.05, 0.1) is 18.3 Å². The number of nitriles is 1. The lowest BCUT2D eigenvalue weighted by Crippen LogP contribution is -2.29. The molecule has 6 nitrogen and oxygen atoms in total. The maximum Gasteiger partial charge on any atom is 0.239 e. The molecule has 0 saturated heterocycles. The molecule has 0 aromatic carbocycles. The molecule has 7 heteroatoms. The van der Waals surface area contributed by atoms with Crippen LogP contribution in [0.25, 0.3) is 0 Å². The number of carbonyl (C=O) groups excluding carboxylic acids is 1. The van der Waals surface area contributed by atoms with Gasteiger partial charge in [-0.1, -0.05) is 6.92 Å². The summed E-state index contributed by atoms with van der Waals surface area (Å²) in [5.74, 6) is 0.557. The Labute approximate surface area is 152 Å². The molecule has 0 fully saturated rings. The van der Waals surface area contributed by atoms with Crippen molar-refractivity contribution in [3.05, 3.63) is 34.0 Å². The summed E-state index contributed by atoms with van der Waals surface area (Å²) < 4.78 is 1.75. The van der Waals surface area contributed by atoms with E-state index in [1.165, 1.54) is 4.88 Å². The normalized spacial score (nSPS) is 16.5. The summed E-state index contributed by atoms with van der Waals surface area (Å²) in [6.07, 6.45) is 6.80. The van der Waals surface area contributed by atoms with Gasteiger partial charge >= 0.3 is 0 Å². The SMILES string of the molecule is CC1CCc2c(sc(NC(=O)CN(C)Cc3cnn(C)c3)c2C#N)C1. The third kappa shape index (κ3) is 4.09. The molecule has 1 atom stereocenters. The highest BCUT2D eigenvalue weighted by atomic mass is 32.1. The minimum Gasteiger partial charge on any atom is -0.315 e. The van der Waals surface area contributed by atoms with E-state index in [2.05, 4.69) is 23.4 Å². The van der Waals surface area contributed by atoms with Crippen molar-refractivity contribution in [1.29, 1.82) is 5.26 Å². The summed E-state index contributed by atoms with van der Waals surface area (Å²) >= 11 is 1.57. The first-order valence-corrected chi connectivity index (χ1v) is 9.28. The predicted octanol–water partition coefficient (Wildman–Crippen LogP) is 2.55. The Bertz CT molecular complexity index is 816. The van der Waals surface area contributed by atoms with Crippen molar-refractivity contribution in [3.8, 4) is 6.07 Å². The highest BCUT2D eigenvalue weighted by Crippen LogP contribution is 2.39. The van der Waals surface area contributed by atoms with Crippen LogP contribution in [0.1, 0.15) is 34.9 Å². The van der Waals surface area contributed by atoms with E-state index in [9.17, 15) is 10.1 Å². The average molecular weight is 357 g/mol. The van der Waals surface area contributed by atoms with E-state index in [4.69, 9.17) is 0 Å². The van der Waals surface area contributed by atoms with E-state index in [0.29, 0.717) is 23.0 Å². The number of thiophene rings is 1. The number of hydrogen-bond donors (Lipinski definition) is 1. The van der Waals surface area contributed by atoms with Crippen LogP contribution in [0, 0.1) is 17.2 Å². The van der Waals surface area contributed by atoms with Crippen LogP contribution < -0.4 is 5.32 Å². The smallest absolute Gasteiger partial charge is 0.239 e. The van der Waals surface area contributed by atoms with Crippen LogP contribution in [-0.2, 0) is 31.2 Å². The number of nitrogens with one attached hydrogen (secondary N) is 1. The molecule has 25 heavy (non-hydrogen) atoms. The van der Waals surface area contributed by atoms with Crippen molar-refractivity contribution in [2.45, 2.75) is 32.7 Å². The second-order valence-corrected chi connectivity index (χ2v) is 8.02. The zero-order valence-corrected chi connectivity index (χ0v) is 15.7. The number of fused-ring (bicyclic) bond motifs is 1. The second-order valence-electron chi connectivity index (χ2n) is 6.91. The van der Waals surface area contributed by atoms with Gasteiger partial charge in [0.25, 0.3) is 0 Å². The van der Waals surface area contributed by atoms with Gasteiger partial charge in [-0.25, -0.2) is 0 Å². The zero-order chi connectivity index (χ0) is 18.0. The Kier molecular flexibility index (Phi) is 5.21. The fourth-order valence-electron chi connectivity index (χ4n) is 3.29. The molecule has 1 aliphatic carbocycles. The number of carbonyl (C=O) groups is 1. The van der Waals surface area contributed by atoms with E-state index < -0.39 is 0 Å². The van der Waals surface area contributed by atoms with Crippen LogP contribution >= 0.6 is 11.3 Å². The number of aryl methyl sites for hydroxylation is 1. The van der Waals surface area contributed by atoms with Crippen LogP contribution in [0.5, 0.6) is 0 Å². The Morgan fingerprint density at radius 3 is 3.08 bits per heavy atom. The molecule has 132 valence electrons. The molecule has 1 unspecified atom stereocenters. The van der Waals surface area contributed by atoms with Gasteiger partial charge < -0.3 is 5.32 Å². The van der Waals surface area contributed by atoms with E-state index >= 15 is 0 Å². The monoisotopic (exact) mass is 357 g/mol. The summed E-state index contributed by atoms with van der Waals surface area (Å²) in [5, 5.41) is 17.3. The van der Waals surface area contributed by atoms with Crippen LogP contribution in [0.3, 0.4) is 0 Å². The number of hydrogen-bond acceptors (Lipinski definition) is 5. The van der Waals surface area contributed by atoms with Gasteiger partial charge in [0, 0.05) is 30.2 Å². The van der Waals surface area contributed by atoms with Crippen molar-refractivity contribution in [2.75, 3.05) is 18.9 Å². The van der Waals surface area contributed by atoms with Gasteiger partial charge in [-0.2, -0.15) is 10.4 Å². The molecule has 2 heterocycles. The molecule has 1 aliphatic rings. The van der Waals surface area contributed by atoms with Crippen LogP contribution in [0.4, 0.5) is 5.00 Å². The molecule has 0 bridgehead atoms. The van der Waals surface area contributed by atoms with E-state index in [1.54, 1.807) is 22.2 Å². The number of rotatable bonds is 5. The highest BCUT2D eigenvalue weighted by molar-refractivity contribution is 7.16. The van der Waals surface area contributed by atoms with Gasteiger partial charge in [0.2, 0.25) is 5.91 Å². The summed E-state index contributed by atoms with van der Waals surface area (Å²) in [6, 6.07) is 2.29. The van der Waals surface area contributed by atoms with Crippen molar-refractivity contribution in [2.24, 2.45) is 13.0 Å². The molecule has 3 rings (SSSR count). The van der Waals surface area contributed by atoms with Gasteiger partial charge in [-0.3, -0.25) is 14.4 Å². The number of anilines is 1. The number of amides is 1. The third-order valence-electron chi connectivity index (χ3n) is 4.50. The largest absolute Gasteiger partial charge is 0.315 e. The third-order valence-corrected chi connectivity index (χ3v) is 5.67. The zero-order valence-electron chi connectivity index (χ0n) is 14.9. The lowest BCUT2D eigenvalue weighted by Gasteiger charge is -2.17. The summed E-state index contributed by atoms with van der Waals surface area (Å²) in [6.45, 7) is 3.17. The summed E-state index contributed by atoms with van der Waals surface area (Å²) in [4.78, 5) is 15.6. The molecule has 2 aromatic rings. The Morgan fingerprint density at radius 1 is 1.60 bits per heavy atom. The first-order chi connectivity index (χ1) is 12.0. The lowest BCUT2D eigenvalue weighted by molar-refractivity contribution is -0.117. The molecule has 0 aliphatic heterocycles. The van der Waals surface area contributed by atoms with Crippen LogP contribution in [0.15, 0.2) is 12.4 Å². The van der Waals surface area contributed by atoms with Crippen molar-refractivity contribution < 1.29 is 4.79 Å². The predicted molar refractivity (Wildman–Crippen MR) is 98.4 cm³/mol. The topological polar surface area (TPSA) is 74.0 Å².